The van der Waals surface area contributed by atoms with Crippen LogP contribution in [-0.2, 0) is 6.42 Å². The summed E-state index contributed by atoms with van der Waals surface area (Å²) in [7, 11) is 0. The molecule has 2 heteroatoms. The first kappa shape index (κ1) is 17.9. The summed E-state index contributed by atoms with van der Waals surface area (Å²) in [6.07, 6.45) is 0.986. The summed E-state index contributed by atoms with van der Waals surface area (Å²) in [5.74, 6) is -1.80. The third kappa shape index (κ3) is 4.51. The molecular formula is C22H22F2. The number of hydrogen-bond acceptors (Lipinski definition) is 0. The Morgan fingerprint density at radius 2 is 1.33 bits per heavy atom. The van der Waals surface area contributed by atoms with Crippen LogP contribution in [0.25, 0.3) is 11.1 Å². The molecular weight excluding hydrogens is 302 g/mol. The highest BCUT2D eigenvalue weighted by Gasteiger charge is 2.10. The van der Waals surface area contributed by atoms with E-state index >= 15 is 0 Å². The van der Waals surface area contributed by atoms with Gasteiger partial charge < -0.3 is 0 Å². The number of hydrogen-bond donors (Lipinski definition) is 0. The summed E-state index contributed by atoms with van der Waals surface area (Å²) in [4.78, 5) is 0. The van der Waals surface area contributed by atoms with Crippen molar-refractivity contribution in [2.24, 2.45) is 0 Å². The van der Waals surface area contributed by atoms with E-state index in [2.05, 4.69) is 44.3 Å². The molecule has 0 atom stereocenters. The van der Waals surface area contributed by atoms with Crippen LogP contribution in [0.3, 0.4) is 0 Å². The fourth-order valence-corrected chi connectivity index (χ4v) is 2.36. The van der Waals surface area contributed by atoms with Gasteiger partial charge in [-0.2, -0.15) is 0 Å². The molecule has 0 aromatic heterocycles. The molecule has 0 spiro atoms. The first-order chi connectivity index (χ1) is 11.4. The van der Waals surface area contributed by atoms with Crippen molar-refractivity contribution in [1.29, 1.82) is 0 Å². The lowest BCUT2D eigenvalue weighted by Gasteiger charge is -2.07. The Labute approximate surface area is 142 Å². The minimum absolute atomic E-state index is 0.0797. The zero-order valence-corrected chi connectivity index (χ0v) is 14.2. The average molecular weight is 324 g/mol. The van der Waals surface area contributed by atoms with Crippen molar-refractivity contribution in [2.45, 2.75) is 26.7 Å². The maximum absolute atomic E-state index is 13.8. The lowest BCUT2D eigenvalue weighted by Crippen LogP contribution is -1.92. The lowest BCUT2D eigenvalue weighted by atomic mass is 9.99. The largest absolute Gasteiger partial charge is 0.203 e. The standard InChI is InChI=1S/C22H22F2/c1-15(2)21(23)22(24)17(4)7-8-18-9-13-20(14-10-18)19-11-5-16(3)6-12-19/h5-6,9-14H,1,4,7-8H2,2-3H3/b22-21-. The summed E-state index contributed by atoms with van der Waals surface area (Å²) < 4.78 is 27.3. The molecule has 0 saturated heterocycles. The molecule has 0 bridgehead atoms. The van der Waals surface area contributed by atoms with E-state index in [1.165, 1.54) is 12.5 Å². The topological polar surface area (TPSA) is 0 Å². The molecule has 2 aromatic rings. The quantitative estimate of drug-likeness (QED) is 0.508. The van der Waals surface area contributed by atoms with Crippen LogP contribution in [0.4, 0.5) is 8.78 Å². The molecule has 0 nitrogen and oxygen atoms in total. The summed E-state index contributed by atoms with van der Waals surface area (Å²) in [6, 6.07) is 16.5. The molecule has 24 heavy (non-hydrogen) atoms. The van der Waals surface area contributed by atoms with Crippen LogP contribution < -0.4 is 0 Å². The zero-order valence-electron chi connectivity index (χ0n) is 14.2. The van der Waals surface area contributed by atoms with Crippen molar-refractivity contribution in [3.63, 3.8) is 0 Å². The van der Waals surface area contributed by atoms with E-state index < -0.39 is 11.7 Å². The molecule has 0 aliphatic heterocycles. The van der Waals surface area contributed by atoms with Gasteiger partial charge >= 0.3 is 0 Å². The molecule has 0 fully saturated rings. The van der Waals surface area contributed by atoms with Gasteiger partial charge in [0.15, 0.2) is 11.7 Å². The van der Waals surface area contributed by atoms with Crippen molar-refractivity contribution < 1.29 is 8.78 Å². The van der Waals surface area contributed by atoms with Gasteiger partial charge in [-0.25, -0.2) is 8.78 Å². The number of allylic oxidation sites excluding steroid dienone is 4. The Morgan fingerprint density at radius 1 is 0.833 bits per heavy atom. The van der Waals surface area contributed by atoms with Crippen LogP contribution in [0, 0.1) is 6.92 Å². The first-order valence-electron chi connectivity index (χ1n) is 7.93. The van der Waals surface area contributed by atoms with Crippen LogP contribution in [-0.4, -0.2) is 0 Å². The molecule has 0 amide bonds. The smallest absolute Gasteiger partial charge is 0.161 e. The molecule has 124 valence electrons. The normalized spacial score (nSPS) is 11.8. The summed E-state index contributed by atoms with van der Waals surface area (Å²) >= 11 is 0. The van der Waals surface area contributed by atoms with Gasteiger partial charge in [-0.15, -0.1) is 0 Å². The van der Waals surface area contributed by atoms with E-state index in [0.29, 0.717) is 12.8 Å². The van der Waals surface area contributed by atoms with Crippen molar-refractivity contribution in [3.8, 4) is 11.1 Å². The molecule has 0 radical (unpaired) electrons. The zero-order chi connectivity index (χ0) is 17.7. The highest BCUT2D eigenvalue weighted by atomic mass is 19.2. The van der Waals surface area contributed by atoms with Crippen molar-refractivity contribution in [2.75, 3.05) is 0 Å². The SMILES string of the molecule is C=C(C)/C(F)=C(/F)C(=C)CCc1ccc(-c2ccc(C)cc2)cc1. The first-order valence-corrected chi connectivity index (χ1v) is 7.93. The predicted molar refractivity (Wildman–Crippen MR) is 98.1 cm³/mol. The fraction of sp³-hybridized carbons (Fsp3) is 0.182. The van der Waals surface area contributed by atoms with Gasteiger partial charge in [0, 0.05) is 0 Å². The van der Waals surface area contributed by atoms with Gasteiger partial charge in [-0.05, 0) is 54.5 Å². The van der Waals surface area contributed by atoms with Crippen LogP contribution in [0.15, 0.2) is 84.5 Å². The molecule has 0 N–H and O–H groups in total. The minimum Gasteiger partial charge on any atom is -0.203 e. The van der Waals surface area contributed by atoms with Gasteiger partial charge in [0.1, 0.15) is 0 Å². The molecule has 2 rings (SSSR count). The highest BCUT2D eigenvalue weighted by Crippen LogP contribution is 2.25. The Kier molecular flexibility index (Phi) is 5.86. The van der Waals surface area contributed by atoms with Gasteiger partial charge in [-0.3, -0.25) is 0 Å². The Balaban J connectivity index is 2.02. The molecule has 0 aliphatic rings. The van der Waals surface area contributed by atoms with Crippen LogP contribution in [0.1, 0.15) is 24.5 Å². The summed E-state index contributed by atoms with van der Waals surface area (Å²) in [5, 5.41) is 0. The Bertz CT molecular complexity index is 763. The molecule has 0 aliphatic carbocycles. The second kappa shape index (κ2) is 7.87. The molecule has 0 saturated carbocycles. The number of halogens is 2. The maximum Gasteiger partial charge on any atom is 0.161 e. The van der Waals surface area contributed by atoms with Crippen molar-refractivity contribution in [3.05, 3.63) is 95.6 Å². The third-order valence-corrected chi connectivity index (χ3v) is 3.93. The van der Waals surface area contributed by atoms with Crippen LogP contribution >= 0.6 is 0 Å². The lowest BCUT2D eigenvalue weighted by molar-refractivity contribution is 0.550. The van der Waals surface area contributed by atoms with Gasteiger partial charge in [0.2, 0.25) is 0 Å². The van der Waals surface area contributed by atoms with Crippen LogP contribution in [0.5, 0.6) is 0 Å². The predicted octanol–water partition coefficient (Wildman–Crippen LogP) is 6.88. The van der Waals surface area contributed by atoms with E-state index in [0.717, 1.165) is 16.7 Å². The van der Waals surface area contributed by atoms with Gasteiger partial charge in [0.25, 0.3) is 0 Å². The Morgan fingerprint density at radius 3 is 1.83 bits per heavy atom. The number of benzene rings is 2. The minimum atomic E-state index is -0.908. The van der Waals surface area contributed by atoms with Gasteiger partial charge in [-0.1, -0.05) is 67.3 Å². The highest BCUT2D eigenvalue weighted by molar-refractivity contribution is 5.63. The van der Waals surface area contributed by atoms with E-state index in [-0.39, 0.29) is 11.1 Å². The number of aryl methyl sites for hydroxylation is 2. The van der Waals surface area contributed by atoms with Crippen molar-refractivity contribution in [1.82, 2.24) is 0 Å². The maximum atomic E-state index is 13.8. The third-order valence-electron chi connectivity index (χ3n) is 3.93. The van der Waals surface area contributed by atoms with Crippen molar-refractivity contribution >= 4 is 0 Å². The number of rotatable bonds is 6. The van der Waals surface area contributed by atoms with Gasteiger partial charge in [0.05, 0.1) is 0 Å². The second-order valence-electron chi connectivity index (χ2n) is 6.07. The summed E-state index contributed by atoms with van der Waals surface area (Å²) in [5.41, 5.74) is 4.83. The fourth-order valence-electron chi connectivity index (χ4n) is 2.36. The van der Waals surface area contributed by atoms with E-state index in [1.807, 2.05) is 24.3 Å². The van der Waals surface area contributed by atoms with E-state index in [9.17, 15) is 8.78 Å². The molecule has 0 unspecified atom stereocenters. The molecule has 2 aromatic carbocycles. The average Bonchev–Trinajstić information content (AvgIpc) is 2.59. The van der Waals surface area contributed by atoms with E-state index in [4.69, 9.17) is 0 Å². The molecule has 0 heterocycles. The Hall–Kier alpha value is -2.48. The summed E-state index contributed by atoms with van der Waals surface area (Å²) in [6.45, 7) is 10.5. The van der Waals surface area contributed by atoms with E-state index in [1.54, 1.807) is 0 Å². The van der Waals surface area contributed by atoms with Crippen LogP contribution in [0.2, 0.25) is 0 Å². The second-order valence-corrected chi connectivity index (χ2v) is 6.07. The monoisotopic (exact) mass is 324 g/mol.